The van der Waals surface area contributed by atoms with Crippen LogP contribution in [0.1, 0.15) is 94.8 Å². The highest BCUT2D eigenvalue weighted by molar-refractivity contribution is 9.08. The smallest absolute Gasteiger partial charge is 0.182 e. The van der Waals surface area contributed by atoms with E-state index in [1.807, 2.05) is 18.2 Å². The minimum atomic E-state index is -0.279. The van der Waals surface area contributed by atoms with Crippen LogP contribution in [0, 0.1) is 5.92 Å². The second-order valence-corrected chi connectivity index (χ2v) is 12.3. The number of carbonyl (C=O) groups is 1. The van der Waals surface area contributed by atoms with Crippen molar-refractivity contribution >= 4 is 27.8 Å². The Kier molecular flexibility index (Phi) is 8.52. The lowest BCUT2D eigenvalue weighted by Crippen LogP contribution is -2.39. The maximum absolute atomic E-state index is 13.8. The van der Waals surface area contributed by atoms with Crippen molar-refractivity contribution in [1.29, 1.82) is 0 Å². The van der Waals surface area contributed by atoms with Gasteiger partial charge in [0.2, 0.25) is 0 Å². The lowest BCUT2D eigenvalue weighted by Gasteiger charge is -2.29. The van der Waals surface area contributed by atoms with Crippen LogP contribution in [-0.2, 0) is 17.3 Å². The first-order valence-corrected chi connectivity index (χ1v) is 13.5. The van der Waals surface area contributed by atoms with Crippen LogP contribution in [-0.4, -0.2) is 34.2 Å². The number of Topliss-reactive ketones (excluding diaryl/α,β-unsaturated/α-hetero) is 1. The van der Waals surface area contributed by atoms with Crippen LogP contribution in [0.3, 0.4) is 0 Å². The molecule has 35 heavy (non-hydrogen) atoms. The lowest BCUT2D eigenvalue weighted by molar-refractivity contribution is 0.0952. The largest absolute Gasteiger partial charge is 0.507 e. The molecule has 1 N–H and O–H groups in total. The minimum absolute atomic E-state index is 0.0601. The molecule has 0 spiro atoms. The van der Waals surface area contributed by atoms with E-state index in [0.29, 0.717) is 17.2 Å². The maximum atomic E-state index is 13.8. The summed E-state index contributed by atoms with van der Waals surface area (Å²) in [5.41, 5.74) is 3.00. The van der Waals surface area contributed by atoms with Crippen LogP contribution in [0.25, 0.3) is 0 Å². The van der Waals surface area contributed by atoms with E-state index in [1.54, 1.807) is 0 Å². The molecule has 0 saturated carbocycles. The summed E-state index contributed by atoms with van der Waals surface area (Å²) in [6, 6.07) is 14.5. The minimum Gasteiger partial charge on any atom is -0.507 e. The normalized spacial score (nSPS) is 20.0. The third-order valence-corrected chi connectivity index (χ3v) is 7.42. The molecule has 0 bridgehead atoms. The summed E-state index contributed by atoms with van der Waals surface area (Å²) in [4.78, 5) is 16.0. The van der Waals surface area contributed by atoms with Gasteiger partial charge < -0.3 is 10.0 Å². The highest BCUT2D eigenvalue weighted by Gasteiger charge is 2.38. The van der Waals surface area contributed by atoms with Crippen molar-refractivity contribution < 1.29 is 9.90 Å². The quantitative estimate of drug-likeness (QED) is 0.367. The number of benzene rings is 2. The monoisotopic (exact) mass is 540 g/mol. The van der Waals surface area contributed by atoms with Crippen LogP contribution in [0.15, 0.2) is 46.5 Å². The Morgan fingerprint density at radius 2 is 1.63 bits per heavy atom. The van der Waals surface area contributed by atoms with E-state index in [4.69, 9.17) is 0 Å². The zero-order valence-electron chi connectivity index (χ0n) is 22.4. The fraction of sp³-hybridized carbons (Fsp3) is 0.533. The number of halogens is 1. The van der Waals surface area contributed by atoms with Gasteiger partial charge in [0.25, 0.3) is 0 Å². The zero-order valence-corrected chi connectivity index (χ0v) is 23.9. The number of likely N-dealkylation sites (tertiary alicyclic amines) is 1. The van der Waals surface area contributed by atoms with E-state index in [2.05, 4.69) is 97.8 Å². The van der Waals surface area contributed by atoms with Crippen LogP contribution in [0.4, 0.5) is 0 Å². The molecule has 4 nitrogen and oxygen atoms in total. The molecule has 1 aliphatic rings. The van der Waals surface area contributed by atoms with E-state index in [-0.39, 0.29) is 29.2 Å². The van der Waals surface area contributed by atoms with E-state index in [9.17, 15) is 9.90 Å². The Bertz CT molecular complexity index is 1030. The average Bonchev–Trinajstić information content (AvgIpc) is 3.08. The van der Waals surface area contributed by atoms with Crippen molar-refractivity contribution in [2.24, 2.45) is 9.94 Å². The van der Waals surface area contributed by atoms with E-state index in [1.165, 1.54) is 5.56 Å². The second-order valence-electron chi connectivity index (χ2n) is 12.0. The van der Waals surface area contributed by atoms with Gasteiger partial charge in [-0.25, -0.2) is 0 Å². The molecule has 1 saturated heterocycles. The Labute approximate surface area is 220 Å². The number of ketones is 1. The Morgan fingerprint density at radius 3 is 2.11 bits per heavy atom. The third-order valence-electron chi connectivity index (χ3n) is 7.06. The number of nitrogens with zero attached hydrogens (tertiary/aromatic N) is 2. The number of amidine groups is 1. The number of aromatic hydroxyl groups is 1. The van der Waals surface area contributed by atoms with Gasteiger partial charge in [-0.1, -0.05) is 85.2 Å². The molecular formula is C30H41BrN2O2. The average molecular weight is 542 g/mol. The predicted molar refractivity (Wildman–Crippen MR) is 150 cm³/mol. The maximum Gasteiger partial charge on any atom is 0.182 e. The van der Waals surface area contributed by atoms with Gasteiger partial charge in [-0.2, -0.15) is 4.02 Å². The summed E-state index contributed by atoms with van der Waals surface area (Å²) in [6.45, 7) is 14.9. The summed E-state index contributed by atoms with van der Waals surface area (Å²) >= 11 is 3.37. The topological polar surface area (TPSA) is 52.9 Å². The molecule has 0 amide bonds. The van der Waals surface area contributed by atoms with Crippen molar-refractivity contribution in [3.8, 4) is 5.75 Å². The summed E-state index contributed by atoms with van der Waals surface area (Å²) in [5, 5.41) is 11.1. The molecule has 2 aromatic rings. The second kappa shape index (κ2) is 10.9. The molecule has 190 valence electrons. The summed E-state index contributed by atoms with van der Waals surface area (Å²) in [6.07, 6.45) is 4.02. The zero-order chi connectivity index (χ0) is 26.0. The molecular weight excluding hydrogens is 500 g/mol. The Morgan fingerprint density at radius 1 is 1.06 bits per heavy atom. The van der Waals surface area contributed by atoms with Gasteiger partial charge in [-0.15, -0.1) is 0 Å². The molecule has 1 fully saturated rings. The molecule has 3 rings (SSSR count). The fourth-order valence-corrected chi connectivity index (χ4v) is 5.66. The van der Waals surface area contributed by atoms with Crippen LogP contribution < -0.4 is 0 Å². The first-order chi connectivity index (χ1) is 16.4. The lowest BCUT2D eigenvalue weighted by atomic mass is 9.78. The molecule has 2 atom stereocenters. The Hall–Kier alpha value is -2.14. The fourth-order valence-electron chi connectivity index (χ4n) is 5.17. The number of hydrogen-bond acceptors (Lipinski definition) is 3. The first-order valence-electron chi connectivity index (χ1n) is 12.8. The van der Waals surface area contributed by atoms with E-state index in [0.717, 1.165) is 42.6 Å². The van der Waals surface area contributed by atoms with Gasteiger partial charge >= 0.3 is 0 Å². The van der Waals surface area contributed by atoms with Gasteiger partial charge in [0.15, 0.2) is 5.78 Å². The van der Waals surface area contributed by atoms with Gasteiger partial charge in [-0.3, -0.25) is 4.79 Å². The summed E-state index contributed by atoms with van der Waals surface area (Å²) in [7, 11) is 0. The highest BCUT2D eigenvalue weighted by atomic mass is 79.9. The van der Waals surface area contributed by atoms with Crippen molar-refractivity contribution in [3.05, 3.63) is 64.7 Å². The van der Waals surface area contributed by atoms with Crippen LogP contribution in [0.5, 0.6) is 5.75 Å². The molecule has 1 aliphatic heterocycles. The SMILES string of the molecule is CCC[C@H]1C[C@H](Cc2ccccc2)N(CC(=O)c2cc(C(C)(C)C)c(O)c(C(C)(C)C)c2)/C1=N\Br. The molecule has 0 aliphatic carbocycles. The number of phenolic OH excluding ortho intramolecular Hbond substituents is 1. The van der Waals surface area contributed by atoms with Gasteiger partial charge in [0, 0.05) is 28.7 Å². The van der Waals surface area contributed by atoms with Crippen molar-refractivity contribution in [2.75, 3.05) is 6.54 Å². The van der Waals surface area contributed by atoms with Gasteiger partial charge in [0.1, 0.15) is 11.6 Å². The predicted octanol–water partition coefficient (Wildman–Crippen LogP) is 7.61. The Balaban J connectivity index is 1.99. The number of carbonyl (C=O) groups excluding carboxylic acids is 1. The summed E-state index contributed by atoms with van der Waals surface area (Å²) in [5.74, 6) is 1.68. The van der Waals surface area contributed by atoms with Crippen LogP contribution in [0.2, 0.25) is 0 Å². The van der Waals surface area contributed by atoms with E-state index >= 15 is 0 Å². The highest BCUT2D eigenvalue weighted by Crippen LogP contribution is 2.40. The first kappa shape index (κ1) is 27.4. The molecule has 0 radical (unpaired) electrons. The molecule has 0 unspecified atom stereocenters. The molecule has 1 heterocycles. The third kappa shape index (κ3) is 6.35. The van der Waals surface area contributed by atoms with Crippen LogP contribution >= 0.6 is 16.1 Å². The van der Waals surface area contributed by atoms with E-state index < -0.39 is 0 Å². The number of hydrogen-bond donors (Lipinski definition) is 1. The van der Waals surface area contributed by atoms with Gasteiger partial charge in [-0.05, 0) is 47.8 Å². The standard InChI is InChI=1S/C30H41BrN2O2/c1-8-12-21-16-23(15-20-13-10-9-11-14-20)33(28(21)32-31)19-26(34)22-17-24(29(2,3)4)27(35)25(18-22)30(5,6)7/h9-11,13-14,17-18,21,23,35H,8,12,15-16,19H2,1-7H3/b32-28-/t21-,23-/m0/s1. The molecule has 5 heteroatoms. The van der Waals surface area contributed by atoms with Crippen molar-refractivity contribution in [2.45, 2.75) is 91.0 Å². The summed E-state index contributed by atoms with van der Waals surface area (Å²) < 4.78 is 4.50. The number of rotatable bonds is 7. The number of phenols is 1. The van der Waals surface area contributed by atoms with Crippen molar-refractivity contribution in [3.63, 3.8) is 0 Å². The molecule has 2 aromatic carbocycles. The molecule has 0 aromatic heterocycles. The van der Waals surface area contributed by atoms with Gasteiger partial charge in [0.05, 0.1) is 22.7 Å². The van der Waals surface area contributed by atoms with Crippen molar-refractivity contribution in [1.82, 2.24) is 4.90 Å².